The van der Waals surface area contributed by atoms with E-state index in [2.05, 4.69) is 16.4 Å². The minimum atomic E-state index is -2.14. The van der Waals surface area contributed by atoms with E-state index in [0.29, 0.717) is 24.6 Å². The van der Waals surface area contributed by atoms with Crippen LogP contribution in [0.3, 0.4) is 0 Å². The molecule has 5 atom stereocenters. The van der Waals surface area contributed by atoms with Crippen molar-refractivity contribution in [2.24, 2.45) is 22.2 Å². The van der Waals surface area contributed by atoms with E-state index in [4.69, 9.17) is 11.6 Å². The predicted molar refractivity (Wildman–Crippen MR) is 118 cm³/mol. The van der Waals surface area contributed by atoms with Gasteiger partial charge in [-0.1, -0.05) is 26.8 Å². The predicted octanol–water partition coefficient (Wildman–Crippen LogP) is 5.60. The minimum Gasteiger partial charge on any atom is -0.472 e. The highest BCUT2D eigenvalue weighted by Gasteiger charge is 2.48. The molecule has 28 heavy (non-hydrogen) atoms. The van der Waals surface area contributed by atoms with E-state index >= 15 is 0 Å². The highest BCUT2D eigenvalue weighted by molar-refractivity contribution is 8.03. The van der Waals surface area contributed by atoms with Crippen LogP contribution in [0, 0.1) is 17.3 Å². The molecule has 0 radical (unpaired) electrons. The summed E-state index contributed by atoms with van der Waals surface area (Å²) >= 11 is 1.72. The Morgan fingerprint density at radius 2 is 2.25 bits per heavy atom. The van der Waals surface area contributed by atoms with Crippen LogP contribution in [0.25, 0.3) is 0 Å². The molecule has 0 amide bonds. The quantitative estimate of drug-likeness (QED) is 0.651. The Hall–Kier alpha value is -1.00. The van der Waals surface area contributed by atoms with Crippen molar-refractivity contribution in [1.82, 2.24) is 5.32 Å². The molecular formula is C24H34N2OS. The van der Waals surface area contributed by atoms with Crippen LogP contribution in [0.2, 0.25) is 0 Å². The monoisotopic (exact) mass is 403 g/mol. The number of hydrogen-bond acceptors (Lipinski definition) is 4. The van der Waals surface area contributed by atoms with Crippen LogP contribution >= 0.6 is 11.8 Å². The number of allylic oxidation sites excluding steroid dienone is 2. The van der Waals surface area contributed by atoms with Crippen molar-refractivity contribution in [3.8, 4) is 0 Å². The summed E-state index contributed by atoms with van der Waals surface area (Å²) in [5, 5.41) is 5.86. The Kier molecular flexibility index (Phi) is 3.55. The van der Waals surface area contributed by atoms with Crippen LogP contribution in [-0.2, 0) is 4.74 Å². The van der Waals surface area contributed by atoms with Gasteiger partial charge in [0.2, 0.25) is 0 Å². The molecule has 0 bridgehead atoms. The number of nitrogens with one attached hydrogen (secondary N) is 1. The van der Waals surface area contributed by atoms with Crippen molar-refractivity contribution in [2.75, 3.05) is 6.54 Å². The van der Waals surface area contributed by atoms with Gasteiger partial charge in [0.1, 0.15) is 5.76 Å². The summed E-state index contributed by atoms with van der Waals surface area (Å²) in [4.78, 5) is 4.56. The fourth-order valence-electron chi connectivity index (χ4n) is 5.42. The molecule has 5 rings (SSSR count). The van der Waals surface area contributed by atoms with Gasteiger partial charge in [-0.25, -0.2) is 0 Å². The van der Waals surface area contributed by atoms with Gasteiger partial charge in [0.05, 0.1) is 5.25 Å². The number of hydrogen-bond donors (Lipinski definition) is 1. The summed E-state index contributed by atoms with van der Waals surface area (Å²) < 4.78 is 47.4. The maximum Gasteiger partial charge on any atom is 0.192 e. The third-order valence-corrected chi connectivity index (χ3v) is 7.73. The normalized spacial score (nSPS) is 41.0. The first-order chi connectivity index (χ1) is 15.4. The Labute approximate surface area is 181 Å². The SMILES string of the molecule is [2H]C([2H])([2H])C1=NC2OC3=C(C4NCC=C5C(C([2H])([2H])C(C)(C)C)=CS[C@@H]54)CCC[C@H]3C2CC1. The molecule has 0 aromatic carbocycles. The van der Waals surface area contributed by atoms with E-state index in [9.17, 15) is 0 Å². The van der Waals surface area contributed by atoms with Gasteiger partial charge in [0.25, 0.3) is 0 Å². The smallest absolute Gasteiger partial charge is 0.192 e. The molecule has 152 valence electrons. The number of nitrogens with zero attached hydrogens (tertiary/aromatic N) is 1. The molecule has 4 heterocycles. The van der Waals surface area contributed by atoms with E-state index in [1.807, 2.05) is 26.2 Å². The first-order valence-electron chi connectivity index (χ1n) is 13.2. The van der Waals surface area contributed by atoms with Crippen molar-refractivity contribution < 1.29 is 11.6 Å². The van der Waals surface area contributed by atoms with E-state index < -0.39 is 18.6 Å². The zero-order valence-electron chi connectivity index (χ0n) is 22.0. The van der Waals surface area contributed by atoms with Crippen LogP contribution in [0.15, 0.2) is 39.0 Å². The highest BCUT2D eigenvalue weighted by atomic mass is 32.2. The van der Waals surface area contributed by atoms with Gasteiger partial charge in [-0.3, -0.25) is 4.99 Å². The van der Waals surface area contributed by atoms with Crippen molar-refractivity contribution in [2.45, 2.75) is 83.6 Å². The summed E-state index contributed by atoms with van der Waals surface area (Å²) in [6.45, 7) is 4.46. The van der Waals surface area contributed by atoms with Crippen LogP contribution in [-0.4, -0.2) is 29.8 Å². The number of ether oxygens (including phenoxy) is 1. The van der Waals surface area contributed by atoms with Crippen LogP contribution in [0.5, 0.6) is 0 Å². The molecular weight excluding hydrogens is 364 g/mol. The van der Waals surface area contributed by atoms with Gasteiger partial charge >= 0.3 is 0 Å². The number of aliphatic imine (C=N–C) groups is 1. The fourth-order valence-corrected chi connectivity index (χ4v) is 6.69. The van der Waals surface area contributed by atoms with Gasteiger partial charge in [0, 0.05) is 37.0 Å². The molecule has 3 unspecified atom stereocenters. The molecule has 4 heteroatoms. The topological polar surface area (TPSA) is 33.6 Å². The van der Waals surface area contributed by atoms with Crippen LogP contribution < -0.4 is 5.32 Å². The number of rotatable bonds is 2. The van der Waals surface area contributed by atoms with Crippen LogP contribution in [0.1, 0.15) is 73.0 Å². The summed E-state index contributed by atoms with van der Waals surface area (Å²) in [5.74, 6) is 1.62. The fraction of sp³-hybridized carbons (Fsp3) is 0.708. The van der Waals surface area contributed by atoms with Crippen LogP contribution in [0.4, 0.5) is 0 Å². The zero-order valence-corrected chi connectivity index (χ0v) is 17.9. The molecule has 4 aliphatic heterocycles. The summed E-state index contributed by atoms with van der Waals surface area (Å²) in [7, 11) is 0. The molecule has 3 nitrogen and oxygen atoms in total. The van der Waals surface area contributed by atoms with Gasteiger partial charge in [-0.05, 0) is 72.9 Å². The van der Waals surface area contributed by atoms with Crippen molar-refractivity contribution in [3.05, 3.63) is 34.0 Å². The van der Waals surface area contributed by atoms with Crippen molar-refractivity contribution in [3.63, 3.8) is 0 Å². The maximum atomic E-state index is 8.83. The lowest BCUT2D eigenvalue weighted by Crippen LogP contribution is -2.45. The maximum absolute atomic E-state index is 8.83. The Bertz CT molecular complexity index is 959. The molecule has 0 aromatic rings. The Balaban J connectivity index is 1.44. The third-order valence-electron chi connectivity index (χ3n) is 6.54. The lowest BCUT2D eigenvalue weighted by molar-refractivity contribution is 0.128. The van der Waals surface area contributed by atoms with Crippen molar-refractivity contribution >= 4 is 17.5 Å². The first-order valence-corrected chi connectivity index (χ1v) is 11.6. The largest absolute Gasteiger partial charge is 0.472 e. The highest BCUT2D eigenvalue weighted by Crippen LogP contribution is 2.51. The zero-order chi connectivity index (χ0) is 23.8. The molecule has 5 aliphatic rings. The lowest BCUT2D eigenvalue weighted by atomic mass is 9.75. The summed E-state index contributed by atoms with van der Waals surface area (Å²) in [6, 6.07) is 0.100. The van der Waals surface area contributed by atoms with Gasteiger partial charge in [-0.2, -0.15) is 0 Å². The average Bonchev–Trinajstić information content (AvgIpc) is 3.33. The second-order valence-corrected chi connectivity index (χ2v) is 10.7. The molecule has 0 spiro atoms. The van der Waals surface area contributed by atoms with E-state index in [-0.39, 0.29) is 23.4 Å². The average molecular weight is 404 g/mol. The third kappa shape index (κ3) is 3.31. The van der Waals surface area contributed by atoms with Gasteiger partial charge in [-0.15, -0.1) is 11.8 Å². The van der Waals surface area contributed by atoms with E-state index in [1.165, 1.54) is 5.57 Å². The molecule has 0 saturated carbocycles. The van der Waals surface area contributed by atoms with Gasteiger partial charge in [0.15, 0.2) is 6.23 Å². The Morgan fingerprint density at radius 1 is 1.36 bits per heavy atom. The number of thioether (sulfide) groups is 1. The number of fused-ring (bicyclic) bond motifs is 4. The lowest BCUT2D eigenvalue weighted by Gasteiger charge is -2.36. The molecule has 1 fully saturated rings. The van der Waals surface area contributed by atoms with Crippen molar-refractivity contribution in [1.29, 1.82) is 0 Å². The molecule has 1 saturated heterocycles. The standard InChI is InChI=1S/C24H34N2OS/c1-14-8-9-18-17-6-5-7-19(21(17)27-23(18)26-14)20-22-16(10-11-25-20)15(13-28-22)12-24(2,3)4/h10,13,17-18,20,22-23,25H,5-9,11-12H2,1-4H3/t17-,18?,20?,22-,23?/m0/s1/i1D3,12D2. The van der Waals surface area contributed by atoms with E-state index in [1.54, 1.807) is 11.8 Å². The molecule has 0 aromatic heterocycles. The second-order valence-electron chi connectivity index (χ2n) is 9.68. The summed E-state index contributed by atoms with van der Waals surface area (Å²) in [6.07, 6.45) is 4.86. The Morgan fingerprint density at radius 3 is 3.07 bits per heavy atom. The molecule has 1 aliphatic carbocycles. The van der Waals surface area contributed by atoms with E-state index in [0.717, 1.165) is 42.6 Å². The van der Waals surface area contributed by atoms with Gasteiger partial charge < -0.3 is 10.1 Å². The second kappa shape index (κ2) is 7.05. The molecule has 1 N–H and O–H groups in total. The summed E-state index contributed by atoms with van der Waals surface area (Å²) in [5.41, 5.74) is 3.05. The minimum absolute atomic E-state index is 0.100. The first kappa shape index (κ1) is 14.1.